The lowest BCUT2D eigenvalue weighted by molar-refractivity contribution is -0.137. The van der Waals surface area contributed by atoms with Crippen LogP contribution in [-0.4, -0.2) is 25.9 Å². The smallest absolute Gasteiger partial charge is 0.325 e. The zero-order chi connectivity index (χ0) is 20.3. The maximum Gasteiger partial charge on any atom is 0.416 e. The molecule has 5 nitrogen and oxygen atoms in total. The summed E-state index contributed by atoms with van der Waals surface area (Å²) < 4.78 is 40.4. The van der Waals surface area contributed by atoms with E-state index in [4.69, 9.17) is 0 Å². The lowest BCUT2D eigenvalue weighted by Crippen LogP contribution is -2.23. The minimum Gasteiger partial charge on any atom is -0.325 e. The lowest BCUT2D eigenvalue weighted by atomic mass is 10.2. The highest BCUT2D eigenvalue weighted by atomic mass is 32.2. The predicted octanol–water partition coefficient (Wildman–Crippen LogP) is 5.16. The zero-order valence-electron chi connectivity index (χ0n) is 15.0. The number of nitrogens with zero attached hydrogens (tertiary/aromatic N) is 3. The van der Waals surface area contributed by atoms with E-state index in [1.165, 1.54) is 23.9 Å². The van der Waals surface area contributed by atoms with Crippen LogP contribution < -0.4 is 5.32 Å². The van der Waals surface area contributed by atoms with Crippen molar-refractivity contribution in [2.45, 2.75) is 37.0 Å². The normalized spacial score (nSPS) is 12.8. The Balaban J connectivity index is 1.72. The van der Waals surface area contributed by atoms with E-state index in [0.29, 0.717) is 11.7 Å². The van der Waals surface area contributed by atoms with Gasteiger partial charge in [-0.15, -0.1) is 21.5 Å². The minimum absolute atomic E-state index is 0.100. The quantitative estimate of drug-likeness (QED) is 0.553. The molecular weight excluding hydrogens is 409 g/mol. The average Bonchev–Trinajstić information content (AvgIpc) is 3.30. The fourth-order valence-electron chi connectivity index (χ4n) is 2.48. The number of anilines is 1. The lowest BCUT2D eigenvalue weighted by Gasteiger charge is -2.14. The summed E-state index contributed by atoms with van der Waals surface area (Å²) in [5, 5.41) is 12.9. The van der Waals surface area contributed by atoms with Crippen molar-refractivity contribution in [2.75, 3.05) is 5.32 Å². The Morgan fingerprint density at radius 3 is 2.71 bits per heavy atom. The van der Waals surface area contributed by atoms with E-state index in [-0.39, 0.29) is 5.69 Å². The molecule has 1 atom stereocenters. The summed E-state index contributed by atoms with van der Waals surface area (Å²) in [6.45, 7) is 4.26. The van der Waals surface area contributed by atoms with E-state index in [9.17, 15) is 18.0 Å². The fourth-order valence-corrected chi connectivity index (χ4v) is 4.11. The first-order chi connectivity index (χ1) is 13.3. The molecule has 0 saturated carbocycles. The highest BCUT2D eigenvalue weighted by Gasteiger charge is 2.30. The van der Waals surface area contributed by atoms with Crippen molar-refractivity contribution in [3.8, 4) is 10.7 Å². The predicted molar refractivity (Wildman–Crippen MR) is 104 cm³/mol. The summed E-state index contributed by atoms with van der Waals surface area (Å²) in [7, 11) is 0. The van der Waals surface area contributed by atoms with Crippen molar-refractivity contribution in [3.05, 3.63) is 47.3 Å². The molecule has 0 bridgehead atoms. The van der Waals surface area contributed by atoms with E-state index < -0.39 is 22.9 Å². The van der Waals surface area contributed by atoms with Crippen molar-refractivity contribution in [3.63, 3.8) is 0 Å². The highest BCUT2D eigenvalue weighted by molar-refractivity contribution is 8.00. The second kappa shape index (κ2) is 8.36. The number of hydrogen-bond donors (Lipinski definition) is 1. The van der Waals surface area contributed by atoms with Crippen LogP contribution in [0.3, 0.4) is 0 Å². The monoisotopic (exact) mass is 426 g/mol. The minimum atomic E-state index is -4.46. The van der Waals surface area contributed by atoms with Crippen LogP contribution in [0.4, 0.5) is 18.9 Å². The van der Waals surface area contributed by atoms with Gasteiger partial charge in [-0.1, -0.05) is 23.9 Å². The van der Waals surface area contributed by atoms with Crippen LogP contribution in [0, 0.1) is 0 Å². The largest absolute Gasteiger partial charge is 0.416 e. The van der Waals surface area contributed by atoms with E-state index in [1.807, 2.05) is 29.0 Å². The van der Waals surface area contributed by atoms with Crippen molar-refractivity contribution in [2.24, 2.45) is 0 Å². The first kappa shape index (κ1) is 20.4. The molecule has 10 heteroatoms. The number of thiophene rings is 1. The first-order valence-electron chi connectivity index (χ1n) is 8.41. The molecule has 1 amide bonds. The van der Waals surface area contributed by atoms with Gasteiger partial charge in [0.05, 0.1) is 15.7 Å². The van der Waals surface area contributed by atoms with Gasteiger partial charge in [-0.05, 0) is 43.5 Å². The molecule has 3 rings (SSSR count). The third kappa shape index (κ3) is 4.56. The Labute approximate surface area is 168 Å². The number of nitrogens with one attached hydrogen (secondary N) is 1. The van der Waals surface area contributed by atoms with Crippen molar-refractivity contribution < 1.29 is 18.0 Å². The van der Waals surface area contributed by atoms with Gasteiger partial charge in [-0.2, -0.15) is 13.2 Å². The molecule has 2 aromatic heterocycles. The van der Waals surface area contributed by atoms with E-state index in [1.54, 1.807) is 18.3 Å². The standard InChI is InChI=1S/C18H17F3N4OS2/c1-3-25-15(14-8-5-9-27-14)23-24-17(25)28-11(2)16(26)22-13-7-4-6-12(10-13)18(19,20)21/h4-11H,3H2,1-2H3,(H,22,26). The SMILES string of the molecule is CCn1c(SC(C)C(=O)Nc2cccc(C(F)(F)F)c2)nnc1-c1cccs1. The molecule has 2 heterocycles. The number of thioether (sulfide) groups is 1. The molecule has 0 saturated heterocycles. The highest BCUT2D eigenvalue weighted by Crippen LogP contribution is 2.32. The molecule has 1 unspecified atom stereocenters. The number of alkyl halides is 3. The van der Waals surface area contributed by atoms with Crippen LogP contribution in [0.5, 0.6) is 0 Å². The molecule has 28 heavy (non-hydrogen) atoms. The Morgan fingerprint density at radius 2 is 2.07 bits per heavy atom. The molecule has 0 aliphatic heterocycles. The summed E-state index contributed by atoms with van der Waals surface area (Å²) >= 11 is 2.76. The molecular formula is C18H17F3N4OS2. The summed E-state index contributed by atoms with van der Waals surface area (Å²) in [5.41, 5.74) is -0.708. The molecule has 0 fully saturated rings. The number of rotatable bonds is 6. The molecule has 0 spiro atoms. The number of benzene rings is 1. The maximum atomic E-state index is 12.8. The summed E-state index contributed by atoms with van der Waals surface area (Å²) in [6, 6.07) is 8.43. The first-order valence-corrected chi connectivity index (χ1v) is 10.2. The van der Waals surface area contributed by atoms with Gasteiger partial charge >= 0.3 is 6.18 Å². The van der Waals surface area contributed by atoms with Gasteiger partial charge in [0.15, 0.2) is 11.0 Å². The summed E-state index contributed by atoms with van der Waals surface area (Å²) in [5.74, 6) is 0.318. The van der Waals surface area contributed by atoms with Crippen LogP contribution in [0.2, 0.25) is 0 Å². The van der Waals surface area contributed by atoms with E-state index in [2.05, 4.69) is 15.5 Å². The topological polar surface area (TPSA) is 59.8 Å². The average molecular weight is 426 g/mol. The molecule has 0 aliphatic rings. The van der Waals surface area contributed by atoms with Crippen molar-refractivity contribution in [1.82, 2.24) is 14.8 Å². The van der Waals surface area contributed by atoms with Gasteiger partial charge in [0.25, 0.3) is 0 Å². The number of halogens is 3. The van der Waals surface area contributed by atoms with Gasteiger partial charge in [-0.3, -0.25) is 4.79 Å². The Hall–Kier alpha value is -2.33. The second-order valence-corrected chi connectivity index (χ2v) is 8.11. The van der Waals surface area contributed by atoms with Crippen LogP contribution in [0.25, 0.3) is 10.7 Å². The van der Waals surface area contributed by atoms with Gasteiger partial charge in [-0.25, -0.2) is 0 Å². The molecule has 0 radical (unpaired) electrons. The third-order valence-corrected chi connectivity index (χ3v) is 5.83. The van der Waals surface area contributed by atoms with Crippen LogP contribution in [-0.2, 0) is 17.5 Å². The van der Waals surface area contributed by atoms with Crippen LogP contribution >= 0.6 is 23.1 Å². The maximum absolute atomic E-state index is 12.8. The number of carbonyl (C=O) groups is 1. The van der Waals surface area contributed by atoms with Gasteiger partial charge in [0.1, 0.15) is 0 Å². The Bertz CT molecular complexity index is 954. The van der Waals surface area contributed by atoms with Gasteiger partial charge < -0.3 is 9.88 Å². The van der Waals surface area contributed by atoms with E-state index >= 15 is 0 Å². The summed E-state index contributed by atoms with van der Waals surface area (Å²) in [4.78, 5) is 13.4. The number of hydrogen-bond acceptors (Lipinski definition) is 5. The van der Waals surface area contributed by atoms with Gasteiger partial charge in [0, 0.05) is 12.2 Å². The van der Waals surface area contributed by atoms with E-state index in [0.717, 1.165) is 22.8 Å². The molecule has 3 aromatic rings. The fraction of sp³-hybridized carbons (Fsp3) is 0.278. The van der Waals surface area contributed by atoms with Crippen molar-refractivity contribution in [1.29, 1.82) is 0 Å². The van der Waals surface area contributed by atoms with Crippen LogP contribution in [0.15, 0.2) is 46.9 Å². The number of amides is 1. The Kier molecular flexibility index (Phi) is 6.09. The van der Waals surface area contributed by atoms with Crippen molar-refractivity contribution >= 4 is 34.7 Å². The molecule has 148 valence electrons. The Morgan fingerprint density at radius 1 is 1.29 bits per heavy atom. The van der Waals surface area contributed by atoms with Crippen LogP contribution in [0.1, 0.15) is 19.4 Å². The molecule has 0 aliphatic carbocycles. The second-order valence-electron chi connectivity index (χ2n) is 5.86. The van der Waals surface area contributed by atoms with Gasteiger partial charge in [0.2, 0.25) is 5.91 Å². The molecule has 1 aromatic carbocycles. The summed E-state index contributed by atoms with van der Waals surface area (Å²) in [6.07, 6.45) is -4.46. The molecule has 1 N–H and O–H groups in total. The zero-order valence-corrected chi connectivity index (χ0v) is 16.7. The number of aromatic nitrogens is 3. The third-order valence-electron chi connectivity index (χ3n) is 3.88. The number of carbonyl (C=O) groups excluding carboxylic acids is 1.